The van der Waals surface area contributed by atoms with Crippen LogP contribution in [-0.4, -0.2) is 52.1 Å². The molecule has 1 aliphatic carbocycles. The van der Waals surface area contributed by atoms with Gasteiger partial charge >= 0.3 is 0 Å². The largest absolute Gasteiger partial charge is 0.327 e. The molecule has 0 saturated carbocycles. The molecule has 1 aliphatic heterocycles. The molecule has 0 bridgehead atoms. The first kappa shape index (κ1) is 21.7. The SMILES string of the molecule is CC(C)(C)N(CC(=O)Nc1ccc(F)cc1)C(=O)CN1C(=O)[C@H]2CC=CC[C@@H]2C1=O. The van der Waals surface area contributed by atoms with Gasteiger partial charge in [-0.15, -0.1) is 0 Å². The number of allylic oxidation sites excluding steroid dienone is 2. The zero-order chi connectivity index (χ0) is 22.1. The predicted molar refractivity (Wildman–Crippen MR) is 109 cm³/mol. The second-order valence-corrected chi connectivity index (χ2v) is 8.62. The standard InChI is InChI=1S/C22H26FN3O4/c1-22(2,3)26(12-18(27)24-15-10-8-14(23)9-11-15)19(28)13-25-20(29)16-6-4-5-7-17(16)21(25)30/h4-5,8-11,16-17H,6-7,12-13H2,1-3H3,(H,24,27)/t16-,17-/m0/s1. The minimum Gasteiger partial charge on any atom is -0.327 e. The van der Waals surface area contributed by atoms with Crippen LogP contribution < -0.4 is 5.32 Å². The number of fused-ring (bicyclic) bond motifs is 1. The highest BCUT2D eigenvalue weighted by atomic mass is 19.1. The van der Waals surface area contributed by atoms with E-state index in [1.807, 2.05) is 12.2 Å². The van der Waals surface area contributed by atoms with Crippen LogP contribution in [0, 0.1) is 17.7 Å². The fourth-order valence-electron chi connectivity index (χ4n) is 3.82. The highest BCUT2D eigenvalue weighted by Gasteiger charge is 2.48. The summed E-state index contributed by atoms with van der Waals surface area (Å²) in [5.41, 5.74) is -0.304. The van der Waals surface area contributed by atoms with Gasteiger partial charge in [0.05, 0.1) is 11.8 Å². The summed E-state index contributed by atoms with van der Waals surface area (Å²) < 4.78 is 13.0. The number of hydrogen-bond acceptors (Lipinski definition) is 4. The van der Waals surface area contributed by atoms with Gasteiger partial charge in [0.15, 0.2) is 0 Å². The highest BCUT2D eigenvalue weighted by Crippen LogP contribution is 2.35. The number of benzene rings is 1. The van der Waals surface area contributed by atoms with Gasteiger partial charge in [-0.25, -0.2) is 4.39 Å². The van der Waals surface area contributed by atoms with Crippen molar-refractivity contribution in [1.29, 1.82) is 0 Å². The van der Waals surface area contributed by atoms with Crippen LogP contribution in [-0.2, 0) is 19.2 Å². The molecular formula is C22H26FN3O4. The van der Waals surface area contributed by atoms with Crippen LogP contribution in [0.5, 0.6) is 0 Å². The van der Waals surface area contributed by atoms with Crippen LogP contribution in [0.25, 0.3) is 0 Å². The molecule has 30 heavy (non-hydrogen) atoms. The van der Waals surface area contributed by atoms with Crippen LogP contribution in [0.4, 0.5) is 10.1 Å². The number of likely N-dealkylation sites (tertiary alicyclic amines) is 1. The Morgan fingerprint density at radius 2 is 1.60 bits per heavy atom. The Morgan fingerprint density at radius 3 is 2.10 bits per heavy atom. The first-order chi connectivity index (χ1) is 14.1. The maximum Gasteiger partial charge on any atom is 0.244 e. The molecule has 4 amide bonds. The third-order valence-electron chi connectivity index (χ3n) is 5.43. The summed E-state index contributed by atoms with van der Waals surface area (Å²) in [6.07, 6.45) is 4.78. The topological polar surface area (TPSA) is 86.8 Å². The molecule has 0 aromatic heterocycles. The molecule has 0 unspecified atom stereocenters. The summed E-state index contributed by atoms with van der Waals surface area (Å²) in [7, 11) is 0. The van der Waals surface area contributed by atoms with Crippen LogP contribution in [0.3, 0.4) is 0 Å². The van der Waals surface area contributed by atoms with Crippen LogP contribution >= 0.6 is 0 Å². The van der Waals surface area contributed by atoms with Crippen molar-refractivity contribution in [2.75, 3.05) is 18.4 Å². The molecule has 160 valence electrons. The van der Waals surface area contributed by atoms with E-state index in [0.717, 1.165) is 4.90 Å². The average molecular weight is 415 g/mol. The molecule has 0 spiro atoms. The minimum absolute atomic E-state index is 0.260. The molecule has 8 heteroatoms. The Balaban J connectivity index is 1.68. The van der Waals surface area contributed by atoms with Gasteiger partial charge < -0.3 is 10.2 Å². The number of rotatable bonds is 5. The zero-order valence-electron chi connectivity index (χ0n) is 17.4. The molecule has 2 aliphatic rings. The molecule has 2 atom stereocenters. The van der Waals surface area contributed by atoms with Gasteiger partial charge in [0, 0.05) is 11.2 Å². The fraction of sp³-hybridized carbons (Fsp3) is 0.455. The van der Waals surface area contributed by atoms with E-state index < -0.39 is 35.0 Å². The number of nitrogens with one attached hydrogen (secondary N) is 1. The summed E-state index contributed by atoms with van der Waals surface area (Å²) in [5.74, 6) is -2.82. The first-order valence-corrected chi connectivity index (χ1v) is 9.94. The van der Waals surface area contributed by atoms with Gasteiger partial charge in [0.1, 0.15) is 18.9 Å². The second kappa shape index (κ2) is 8.38. The predicted octanol–water partition coefficient (Wildman–Crippen LogP) is 2.34. The maximum atomic E-state index is 13.0. The zero-order valence-corrected chi connectivity index (χ0v) is 17.4. The Morgan fingerprint density at radius 1 is 1.07 bits per heavy atom. The van der Waals surface area contributed by atoms with Crippen LogP contribution in [0.1, 0.15) is 33.6 Å². The number of nitrogens with zero attached hydrogens (tertiary/aromatic N) is 2. The van der Waals surface area contributed by atoms with E-state index >= 15 is 0 Å². The van der Waals surface area contributed by atoms with Crippen molar-refractivity contribution < 1.29 is 23.6 Å². The van der Waals surface area contributed by atoms with Gasteiger partial charge in [-0.1, -0.05) is 12.2 Å². The van der Waals surface area contributed by atoms with E-state index in [1.165, 1.54) is 29.2 Å². The highest BCUT2D eigenvalue weighted by molar-refractivity contribution is 6.08. The Hall–Kier alpha value is -3.03. The van der Waals surface area contributed by atoms with Crippen molar-refractivity contribution in [3.05, 3.63) is 42.2 Å². The lowest BCUT2D eigenvalue weighted by atomic mass is 9.85. The van der Waals surface area contributed by atoms with Gasteiger partial charge in [-0.3, -0.25) is 24.1 Å². The number of carbonyl (C=O) groups excluding carboxylic acids is 4. The van der Waals surface area contributed by atoms with Crippen molar-refractivity contribution in [3.8, 4) is 0 Å². The number of amides is 4. The third-order valence-corrected chi connectivity index (χ3v) is 5.43. The van der Waals surface area contributed by atoms with Crippen molar-refractivity contribution in [3.63, 3.8) is 0 Å². The molecule has 1 heterocycles. The number of halogens is 1. The number of carbonyl (C=O) groups is 4. The van der Waals surface area contributed by atoms with Crippen molar-refractivity contribution in [2.45, 2.75) is 39.2 Å². The van der Waals surface area contributed by atoms with Gasteiger partial charge in [0.2, 0.25) is 23.6 Å². The van der Waals surface area contributed by atoms with Gasteiger partial charge in [0.25, 0.3) is 0 Å². The summed E-state index contributed by atoms with van der Waals surface area (Å²) in [4.78, 5) is 53.1. The van der Waals surface area contributed by atoms with Gasteiger partial charge in [-0.05, 0) is 57.9 Å². The Labute approximate surface area is 174 Å². The van der Waals surface area contributed by atoms with E-state index in [1.54, 1.807) is 20.8 Å². The molecule has 3 rings (SSSR count). The van der Waals surface area contributed by atoms with Crippen molar-refractivity contribution in [2.24, 2.45) is 11.8 Å². The smallest absolute Gasteiger partial charge is 0.244 e. The molecule has 1 aromatic rings. The maximum absolute atomic E-state index is 13.0. The third kappa shape index (κ3) is 4.58. The summed E-state index contributed by atoms with van der Waals surface area (Å²) in [6, 6.07) is 5.30. The minimum atomic E-state index is -0.711. The van der Waals surface area contributed by atoms with Crippen molar-refractivity contribution in [1.82, 2.24) is 9.80 Å². The molecule has 0 radical (unpaired) electrons. The molecular weight excluding hydrogens is 389 g/mol. The van der Waals surface area contributed by atoms with Crippen LogP contribution in [0.2, 0.25) is 0 Å². The van der Waals surface area contributed by atoms with E-state index in [4.69, 9.17) is 0 Å². The lowest BCUT2D eigenvalue weighted by Gasteiger charge is -2.36. The molecule has 1 N–H and O–H groups in total. The number of anilines is 1. The number of hydrogen-bond donors (Lipinski definition) is 1. The summed E-state index contributed by atoms with van der Waals surface area (Å²) in [5, 5.41) is 2.62. The summed E-state index contributed by atoms with van der Waals surface area (Å²) in [6.45, 7) is 4.67. The Bertz CT molecular complexity index is 863. The number of imide groups is 1. The second-order valence-electron chi connectivity index (χ2n) is 8.62. The van der Waals surface area contributed by atoms with E-state index in [0.29, 0.717) is 18.5 Å². The van der Waals surface area contributed by atoms with E-state index in [2.05, 4.69) is 5.32 Å². The summed E-state index contributed by atoms with van der Waals surface area (Å²) >= 11 is 0. The molecule has 1 saturated heterocycles. The lowest BCUT2D eigenvalue weighted by Crippen LogP contribution is -2.53. The van der Waals surface area contributed by atoms with E-state index in [-0.39, 0.29) is 24.9 Å². The lowest BCUT2D eigenvalue weighted by molar-refractivity contribution is -0.149. The first-order valence-electron chi connectivity index (χ1n) is 9.94. The normalized spacial score (nSPS) is 20.9. The average Bonchev–Trinajstić information content (AvgIpc) is 2.92. The molecule has 7 nitrogen and oxygen atoms in total. The quantitative estimate of drug-likeness (QED) is 0.591. The Kier molecular flexibility index (Phi) is 6.05. The molecule has 1 fully saturated rings. The van der Waals surface area contributed by atoms with E-state index in [9.17, 15) is 23.6 Å². The van der Waals surface area contributed by atoms with Gasteiger partial charge in [-0.2, -0.15) is 0 Å². The molecule has 1 aromatic carbocycles. The fourth-order valence-corrected chi connectivity index (χ4v) is 3.82. The monoisotopic (exact) mass is 415 g/mol. The van der Waals surface area contributed by atoms with Crippen molar-refractivity contribution >= 4 is 29.3 Å². The van der Waals surface area contributed by atoms with Crippen LogP contribution in [0.15, 0.2) is 36.4 Å².